The summed E-state index contributed by atoms with van der Waals surface area (Å²) in [6, 6.07) is 25.2. The topological polar surface area (TPSA) is 88.9 Å². The van der Waals surface area contributed by atoms with Crippen LogP contribution in [-0.4, -0.2) is 32.6 Å². The van der Waals surface area contributed by atoms with Crippen molar-refractivity contribution < 1.29 is 9.59 Å². The molecule has 8 heteroatoms. The molecule has 0 saturated carbocycles. The van der Waals surface area contributed by atoms with E-state index in [1.54, 1.807) is 30.6 Å². The van der Waals surface area contributed by atoms with E-state index in [4.69, 9.17) is 0 Å². The molecule has 0 fully saturated rings. The summed E-state index contributed by atoms with van der Waals surface area (Å²) < 4.78 is 1.84. The summed E-state index contributed by atoms with van der Waals surface area (Å²) in [7, 11) is 1.88. The predicted molar refractivity (Wildman–Crippen MR) is 128 cm³/mol. The van der Waals surface area contributed by atoms with E-state index < -0.39 is 6.04 Å². The van der Waals surface area contributed by atoms with Gasteiger partial charge < -0.3 is 15.2 Å². The fourth-order valence-corrected chi connectivity index (χ4v) is 3.96. The smallest absolute Gasteiger partial charge is 0.251 e. The number of hydrogen-bond acceptors (Lipinski definition) is 5. The molecule has 1 atom stereocenters. The molecule has 33 heavy (non-hydrogen) atoms. The molecule has 4 rings (SSSR count). The first-order valence-electron chi connectivity index (χ1n) is 10.4. The summed E-state index contributed by atoms with van der Waals surface area (Å²) in [5.74, 6) is -0.570. The molecule has 1 unspecified atom stereocenters. The van der Waals surface area contributed by atoms with Gasteiger partial charge >= 0.3 is 0 Å². The lowest BCUT2D eigenvalue weighted by Gasteiger charge is -2.19. The van der Waals surface area contributed by atoms with Crippen molar-refractivity contribution in [2.75, 3.05) is 5.32 Å². The first-order valence-corrected chi connectivity index (χ1v) is 11.2. The van der Waals surface area contributed by atoms with Crippen LogP contribution in [0.25, 0.3) is 0 Å². The highest BCUT2D eigenvalue weighted by atomic mass is 32.2. The first kappa shape index (κ1) is 22.3. The quantitative estimate of drug-likeness (QED) is 0.418. The van der Waals surface area contributed by atoms with Gasteiger partial charge in [-0.2, -0.15) is 0 Å². The maximum absolute atomic E-state index is 13.1. The molecule has 3 aromatic carbocycles. The largest absolute Gasteiger partial charge is 0.340 e. The summed E-state index contributed by atoms with van der Waals surface area (Å²) in [6.07, 6.45) is 2.03. The van der Waals surface area contributed by atoms with Crippen LogP contribution >= 0.6 is 11.8 Å². The minimum atomic E-state index is -0.729. The third kappa shape index (κ3) is 6.08. The minimum Gasteiger partial charge on any atom is -0.340 e. The molecule has 166 valence electrons. The zero-order valence-corrected chi connectivity index (χ0v) is 18.8. The van der Waals surface area contributed by atoms with Crippen LogP contribution in [0, 0.1) is 0 Å². The van der Waals surface area contributed by atoms with E-state index in [0.29, 0.717) is 17.7 Å². The van der Waals surface area contributed by atoms with Gasteiger partial charge in [0.15, 0.2) is 5.16 Å². The highest BCUT2D eigenvalue weighted by Gasteiger charge is 2.22. The lowest BCUT2D eigenvalue weighted by molar-refractivity contribution is -0.118. The van der Waals surface area contributed by atoms with Gasteiger partial charge in [-0.1, -0.05) is 48.5 Å². The van der Waals surface area contributed by atoms with E-state index in [1.165, 1.54) is 11.8 Å². The lowest BCUT2D eigenvalue weighted by Crippen LogP contribution is -2.45. The van der Waals surface area contributed by atoms with Gasteiger partial charge in [0.25, 0.3) is 5.91 Å². The van der Waals surface area contributed by atoms with Crippen LogP contribution in [-0.2, 0) is 18.3 Å². The zero-order chi connectivity index (χ0) is 23.0. The summed E-state index contributed by atoms with van der Waals surface area (Å²) >= 11 is 1.48. The van der Waals surface area contributed by atoms with Gasteiger partial charge in [-0.05, 0) is 53.7 Å². The minimum absolute atomic E-state index is 0.281. The third-order valence-electron chi connectivity index (χ3n) is 4.94. The predicted octanol–water partition coefficient (Wildman–Crippen LogP) is 3.95. The average Bonchev–Trinajstić information content (AvgIpc) is 3.25. The zero-order valence-electron chi connectivity index (χ0n) is 18.0. The molecule has 0 aliphatic rings. The molecule has 0 saturated heterocycles. The van der Waals surface area contributed by atoms with Crippen molar-refractivity contribution in [1.29, 1.82) is 0 Å². The Hall–Kier alpha value is -3.91. The van der Waals surface area contributed by atoms with Gasteiger partial charge in [-0.3, -0.25) is 9.59 Å². The number of carbonyl (C=O) groups is 2. The van der Waals surface area contributed by atoms with Gasteiger partial charge in [0.1, 0.15) is 12.4 Å². The van der Waals surface area contributed by atoms with Crippen molar-refractivity contribution in [2.45, 2.75) is 22.5 Å². The van der Waals surface area contributed by atoms with E-state index in [0.717, 1.165) is 15.6 Å². The number of amides is 2. The molecule has 1 heterocycles. The average molecular weight is 458 g/mol. The Kier molecular flexibility index (Phi) is 7.16. The number of hydrogen-bond donors (Lipinski definition) is 2. The Morgan fingerprint density at radius 2 is 1.61 bits per heavy atom. The second-order valence-electron chi connectivity index (χ2n) is 7.42. The summed E-state index contributed by atoms with van der Waals surface area (Å²) in [6.45, 7) is 0. The van der Waals surface area contributed by atoms with E-state index in [2.05, 4.69) is 20.8 Å². The molecule has 0 aliphatic heterocycles. The molecule has 2 amide bonds. The van der Waals surface area contributed by atoms with E-state index in [1.807, 2.05) is 72.3 Å². The van der Waals surface area contributed by atoms with Crippen molar-refractivity contribution in [3.8, 4) is 0 Å². The molecular weight excluding hydrogens is 434 g/mol. The summed E-state index contributed by atoms with van der Waals surface area (Å²) in [4.78, 5) is 26.8. The maximum atomic E-state index is 13.1. The number of carbonyl (C=O) groups excluding carboxylic acids is 2. The monoisotopic (exact) mass is 457 g/mol. The maximum Gasteiger partial charge on any atom is 0.251 e. The number of aromatic nitrogens is 3. The molecule has 7 nitrogen and oxygen atoms in total. The Labute approximate surface area is 196 Å². The van der Waals surface area contributed by atoms with Crippen molar-refractivity contribution in [3.63, 3.8) is 0 Å². The Morgan fingerprint density at radius 3 is 2.24 bits per heavy atom. The van der Waals surface area contributed by atoms with Crippen LogP contribution in [0.5, 0.6) is 0 Å². The van der Waals surface area contributed by atoms with Gasteiger partial charge in [-0.15, -0.1) is 10.2 Å². The van der Waals surface area contributed by atoms with E-state index in [-0.39, 0.29) is 11.8 Å². The normalized spacial score (nSPS) is 11.5. The van der Waals surface area contributed by atoms with Crippen molar-refractivity contribution in [2.24, 2.45) is 7.05 Å². The van der Waals surface area contributed by atoms with Gasteiger partial charge in [0, 0.05) is 29.6 Å². The van der Waals surface area contributed by atoms with Crippen LogP contribution in [0.3, 0.4) is 0 Å². The van der Waals surface area contributed by atoms with Crippen LogP contribution < -0.4 is 10.6 Å². The second kappa shape index (κ2) is 10.6. The van der Waals surface area contributed by atoms with Crippen LogP contribution in [0.1, 0.15) is 15.9 Å². The Balaban J connectivity index is 1.46. The fraction of sp³-hybridized carbons (Fsp3) is 0.120. The Morgan fingerprint density at radius 1 is 0.939 bits per heavy atom. The number of nitrogens with zero attached hydrogens (tertiary/aromatic N) is 3. The van der Waals surface area contributed by atoms with Gasteiger partial charge in [0.2, 0.25) is 5.91 Å². The van der Waals surface area contributed by atoms with Crippen molar-refractivity contribution in [1.82, 2.24) is 20.1 Å². The lowest BCUT2D eigenvalue weighted by atomic mass is 10.0. The highest BCUT2D eigenvalue weighted by molar-refractivity contribution is 7.99. The third-order valence-corrected chi connectivity index (χ3v) is 6.00. The van der Waals surface area contributed by atoms with Crippen molar-refractivity contribution >= 4 is 29.3 Å². The molecule has 2 N–H and O–H groups in total. The fourth-order valence-electron chi connectivity index (χ4n) is 3.20. The molecule has 1 aromatic heterocycles. The molecule has 0 bridgehead atoms. The number of anilines is 1. The molecule has 0 spiro atoms. The number of aryl methyl sites for hydroxylation is 1. The van der Waals surface area contributed by atoms with Crippen LogP contribution in [0.2, 0.25) is 0 Å². The first-order chi connectivity index (χ1) is 16.1. The number of benzene rings is 3. The Bertz CT molecular complexity index is 1210. The van der Waals surface area contributed by atoms with E-state index in [9.17, 15) is 9.59 Å². The van der Waals surface area contributed by atoms with Crippen LogP contribution in [0.15, 0.2) is 101 Å². The molecular formula is C25H23N5O2S. The standard InChI is InChI=1S/C25H23N5O2S/c1-30-17-26-29-25(30)33-21-14-12-20(13-15-21)27-24(32)22(16-18-8-4-2-5-9-18)28-23(31)19-10-6-3-7-11-19/h2-15,17,22H,16H2,1H3,(H,27,32)(H,28,31). The van der Waals surface area contributed by atoms with Gasteiger partial charge in [0.05, 0.1) is 0 Å². The van der Waals surface area contributed by atoms with E-state index >= 15 is 0 Å². The molecule has 0 aliphatic carbocycles. The van der Waals surface area contributed by atoms with Crippen molar-refractivity contribution in [3.05, 3.63) is 102 Å². The summed E-state index contributed by atoms with van der Waals surface area (Å²) in [5, 5.41) is 14.5. The van der Waals surface area contributed by atoms with Gasteiger partial charge in [-0.25, -0.2) is 0 Å². The van der Waals surface area contributed by atoms with Crippen LogP contribution in [0.4, 0.5) is 5.69 Å². The SMILES string of the molecule is Cn1cnnc1Sc1ccc(NC(=O)C(Cc2ccccc2)NC(=O)c2ccccc2)cc1. The highest BCUT2D eigenvalue weighted by Crippen LogP contribution is 2.26. The second-order valence-corrected chi connectivity index (χ2v) is 8.46. The number of rotatable bonds is 8. The number of nitrogens with one attached hydrogen (secondary N) is 2. The molecule has 4 aromatic rings. The molecule has 0 radical (unpaired) electrons. The summed E-state index contributed by atoms with van der Waals surface area (Å²) in [5.41, 5.74) is 2.12.